The molecule has 0 atom stereocenters. The van der Waals surface area contributed by atoms with Gasteiger partial charge in [0.25, 0.3) is 0 Å². The van der Waals surface area contributed by atoms with Crippen LogP contribution in [0.3, 0.4) is 0 Å². The van der Waals surface area contributed by atoms with Gasteiger partial charge in [-0.05, 0) is 33.1 Å². The summed E-state index contributed by atoms with van der Waals surface area (Å²) in [6.07, 6.45) is 3.21. The first-order valence-electron chi connectivity index (χ1n) is 6.55. The lowest BCUT2D eigenvalue weighted by Gasteiger charge is -2.25. The summed E-state index contributed by atoms with van der Waals surface area (Å²) in [5.74, 6) is -0.447. The highest BCUT2D eigenvalue weighted by molar-refractivity contribution is 7.17. The second-order valence-electron chi connectivity index (χ2n) is 5.08. The zero-order valence-electron chi connectivity index (χ0n) is 11.1. The molecule has 0 saturated heterocycles. The SMILES string of the molecule is CCCN(c1nc(C2CC2)c(C(=O)O)s1)C(C)C. The van der Waals surface area contributed by atoms with E-state index in [-0.39, 0.29) is 0 Å². The fourth-order valence-electron chi connectivity index (χ4n) is 2.05. The Morgan fingerprint density at radius 2 is 2.22 bits per heavy atom. The third kappa shape index (κ3) is 2.66. The average molecular weight is 268 g/mol. The maximum atomic E-state index is 11.3. The third-order valence-electron chi connectivity index (χ3n) is 3.13. The van der Waals surface area contributed by atoms with Crippen molar-refractivity contribution >= 4 is 22.4 Å². The quantitative estimate of drug-likeness (QED) is 0.859. The number of thiazole rings is 1. The Morgan fingerprint density at radius 1 is 1.56 bits per heavy atom. The highest BCUT2D eigenvalue weighted by Gasteiger charge is 2.33. The first kappa shape index (κ1) is 13.3. The average Bonchev–Trinajstić information content (AvgIpc) is 3.05. The van der Waals surface area contributed by atoms with Gasteiger partial charge in [-0.25, -0.2) is 9.78 Å². The van der Waals surface area contributed by atoms with Crippen molar-refractivity contribution in [2.75, 3.05) is 11.4 Å². The van der Waals surface area contributed by atoms with Gasteiger partial charge in [0.05, 0.1) is 5.69 Å². The van der Waals surface area contributed by atoms with E-state index in [1.165, 1.54) is 11.3 Å². The number of hydrogen-bond donors (Lipinski definition) is 1. The summed E-state index contributed by atoms with van der Waals surface area (Å²) in [6, 6.07) is 0.352. The Labute approximate surface area is 112 Å². The van der Waals surface area contributed by atoms with Crippen molar-refractivity contribution in [3.05, 3.63) is 10.6 Å². The number of nitrogens with zero attached hydrogens (tertiary/aromatic N) is 2. The molecular weight excluding hydrogens is 248 g/mol. The van der Waals surface area contributed by atoms with Crippen LogP contribution in [0.4, 0.5) is 5.13 Å². The van der Waals surface area contributed by atoms with Crippen molar-refractivity contribution in [1.82, 2.24) is 4.98 Å². The van der Waals surface area contributed by atoms with Crippen molar-refractivity contribution in [3.63, 3.8) is 0 Å². The highest BCUT2D eigenvalue weighted by Crippen LogP contribution is 2.44. The zero-order chi connectivity index (χ0) is 13.3. The predicted molar refractivity (Wildman–Crippen MR) is 73.8 cm³/mol. The predicted octanol–water partition coefficient (Wildman–Crippen LogP) is 3.34. The molecule has 1 aromatic rings. The molecule has 1 saturated carbocycles. The van der Waals surface area contributed by atoms with Gasteiger partial charge in [0, 0.05) is 18.5 Å². The summed E-state index contributed by atoms with van der Waals surface area (Å²) in [7, 11) is 0. The van der Waals surface area contributed by atoms with Crippen LogP contribution in [0.1, 0.15) is 61.3 Å². The molecule has 100 valence electrons. The van der Waals surface area contributed by atoms with E-state index in [1.54, 1.807) is 0 Å². The van der Waals surface area contributed by atoms with E-state index in [4.69, 9.17) is 0 Å². The van der Waals surface area contributed by atoms with Crippen LogP contribution in [0, 0.1) is 0 Å². The Hall–Kier alpha value is -1.10. The Morgan fingerprint density at radius 3 is 2.67 bits per heavy atom. The van der Waals surface area contributed by atoms with Crippen LogP contribution in [-0.4, -0.2) is 28.6 Å². The molecule has 0 bridgehead atoms. The minimum absolute atomic E-state index is 0.352. The summed E-state index contributed by atoms with van der Waals surface area (Å²) in [5, 5.41) is 10.1. The van der Waals surface area contributed by atoms with Gasteiger partial charge in [0.1, 0.15) is 4.88 Å². The number of aromatic nitrogens is 1. The van der Waals surface area contributed by atoms with Crippen LogP contribution in [-0.2, 0) is 0 Å². The van der Waals surface area contributed by atoms with Crippen molar-refractivity contribution in [2.45, 2.75) is 52.0 Å². The van der Waals surface area contributed by atoms with Gasteiger partial charge in [-0.3, -0.25) is 0 Å². The lowest BCUT2D eigenvalue weighted by molar-refractivity contribution is 0.0700. The summed E-state index contributed by atoms with van der Waals surface area (Å²) >= 11 is 1.33. The number of rotatable bonds is 6. The number of aromatic carboxylic acids is 1. The Balaban J connectivity index is 2.32. The molecular formula is C13H20N2O2S. The van der Waals surface area contributed by atoms with Crippen LogP contribution < -0.4 is 4.90 Å². The molecule has 1 aliphatic rings. The van der Waals surface area contributed by atoms with Crippen LogP contribution in [0.25, 0.3) is 0 Å². The lowest BCUT2D eigenvalue weighted by atomic mass is 10.2. The number of carboxylic acids is 1. The van der Waals surface area contributed by atoms with Crippen molar-refractivity contribution in [2.24, 2.45) is 0 Å². The summed E-state index contributed by atoms with van der Waals surface area (Å²) in [4.78, 5) is 18.5. The van der Waals surface area contributed by atoms with Gasteiger partial charge in [0.15, 0.2) is 5.13 Å². The molecule has 18 heavy (non-hydrogen) atoms. The number of anilines is 1. The fraction of sp³-hybridized carbons (Fsp3) is 0.692. The second-order valence-corrected chi connectivity index (χ2v) is 6.05. The van der Waals surface area contributed by atoms with Gasteiger partial charge in [-0.2, -0.15) is 0 Å². The molecule has 1 heterocycles. The van der Waals surface area contributed by atoms with Gasteiger partial charge in [-0.15, -0.1) is 0 Å². The fourth-order valence-corrected chi connectivity index (χ4v) is 3.20. The summed E-state index contributed by atoms with van der Waals surface area (Å²) < 4.78 is 0. The van der Waals surface area contributed by atoms with E-state index in [2.05, 4.69) is 30.7 Å². The van der Waals surface area contributed by atoms with Gasteiger partial charge < -0.3 is 10.0 Å². The van der Waals surface area contributed by atoms with Gasteiger partial charge >= 0.3 is 5.97 Å². The first-order valence-corrected chi connectivity index (χ1v) is 7.36. The minimum Gasteiger partial charge on any atom is -0.477 e. The van der Waals surface area contributed by atoms with Gasteiger partial charge in [-0.1, -0.05) is 18.3 Å². The smallest absolute Gasteiger partial charge is 0.347 e. The molecule has 1 N–H and O–H groups in total. The van der Waals surface area contributed by atoms with Crippen LogP contribution in [0.5, 0.6) is 0 Å². The van der Waals surface area contributed by atoms with E-state index in [1.807, 2.05) is 0 Å². The van der Waals surface area contributed by atoms with Crippen LogP contribution in [0.15, 0.2) is 0 Å². The molecule has 0 spiro atoms. The molecule has 1 aliphatic carbocycles. The molecule has 1 fully saturated rings. The zero-order valence-corrected chi connectivity index (χ0v) is 12.0. The van der Waals surface area contributed by atoms with Crippen molar-refractivity contribution in [3.8, 4) is 0 Å². The largest absolute Gasteiger partial charge is 0.477 e. The van der Waals surface area contributed by atoms with E-state index in [0.717, 1.165) is 36.6 Å². The molecule has 5 heteroatoms. The van der Waals surface area contributed by atoms with E-state index in [0.29, 0.717) is 16.8 Å². The van der Waals surface area contributed by atoms with Gasteiger partial charge in [0.2, 0.25) is 0 Å². The number of carboxylic acid groups (broad SMARTS) is 1. The molecule has 1 aromatic heterocycles. The second kappa shape index (κ2) is 5.26. The molecule has 2 rings (SSSR count). The maximum Gasteiger partial charge on any atom is 0.347 e. The topological polar surface area (TPSA) is 53.4 Å². The van der Waals surface area contributed by atoms with Crippen molar-refractivity contribution < 1.29 is 9.90 Å². The Kier molecular flexibility index (Phi) is 3.90. The molecule has 0 amide bonds. The summed E-state index contributed by atoms with van der Waals surface area (Å²) in [5.41, 5.74) is 0.809. The van der Waals surface area contributed by atoms with Crippen LogP contribution in [0.2, 0.25) is 0 Å². The molecule has 0 unspecified atom stereocenters. The molecule has 4 nitrogen and oxygen atoms in total. The normalized spacial score (nSPS) is 15.1. The summed E-state index contributed by atoms with van der Waals surface area (Å²) in [6.45, 7) is 7.29. The number of hydrogen-bond acceptors (Lipinski definition) is 4. The van der Waals surface area contributed by atoms with Crippen LogP contribution >= 0.6 is 11.3 Å². The first-order chi connectivity index (χ1) is 8.54. The third-order valence-corrected chi connectivity index (χ3v) is 4.23. The minimum atomic E-state index is -0.833. The molecule has 0 radical (unpaired) electrons. The molecule has 0 aromatic carbocycles. The molecule has 0 aliphatic heterocycles. The maximum absolute atomic E-state index is 11.3. The van der Waals surface area contributed by atoms with E-state index >= 15 is 0 Å². The Bertz CT molecular complexity index is 438. The number of carbonyl (C=O) groups is 1. The standard InChI is InChI=1S/C13H20N2O2S/c1-4-7-15(8(2)3)13-14-10(9-5-6-9)11(18-13)12(16)17/h8-9H,4-7H2,1-3H3,(H,16,17). The van der Waals surface area contributed by atoms with E-state index < -0.39 is 5.97 Å². The highest BCUT2D eigenvalue weighted by atomic mass is 32.1. The van der Waals surface area contributed by atoms with Crippen molar-refractivity contribution in [1.29, 1.82) is 0 Å². The monoisotopic (exact) mass is 268 g/mol. The lowest BCUT2D eigenvalue weighted by Crippen LogP contribution is -2.31. The van der Waals surface area contributed by atoms with E-state index in [9.17, 15) is 9.90 Å².